The van der Waals surface area contributed by atoms with E-state index in [2.05, 4.69) is 15.7 Å². The topological polar surface area (TPSA) is 94.6 Å². The zero-order valence-electron chi connectivity index (χ0n) is 15.2. The van der Waals surface area contributed by atoms with Crippen LogP contribution in [0.3, 0.4) is 0 Å². The van der Waals surface area contributed by atoms with E-state index >= 15 is 0 Å². The normalized spacial score (nSPS) is 16.2. The number of carbonyl (C=O) groups is 3. The Morgan fingerprint density at radius 3 is 2.50 bits per heavy atom. The maximum Gasteiger partial charge on any atom is 0.288 e. The van der Waals surface area contributed by atoms with Gasteiger partial charge in [0.15, 0.2) is 5.11 Å². The summed E-state index contributed by atoms with van der Waals surface area (Å²) >= 11 is 5.44. The van der Waals surface area contributed by atoms with Gasteiger partial charge in [-0.25, -0.2) is 5.01 Å². The van der Waals surface area contributed by atoms with E-state index in [1.165, 1.54) is 23.2 Å². The highest BCUT2D eigenvalue weighted by Gasteiger charge is 2.44. The Morgan fingerprint density at radius 1 is 1.14 bits per heavy atom. The van der Waals surface area contributed by atoms with Crippen molar-refractivity contribution in [3.8, 4) is 0 Å². The molecule has 0 aliphatic carbocycles. The Balaban J connectivity index is 1.84. The van der Waals surface area contributed by atoms with Crippen molar-refractivity contribution in [3.05, 3.63) is 66.0 Å². The van der Waals surface area contributed by atoms with Gasteiger partial charge in [-0.1, -0.05) is 36.4 Å². The van der Waals surface area contributed by atoms with Crippen molar-refractivity contribution >= 4 is 35.1 Å². The molecule has 2 N–H and O–H groups in total. The molecule has 0 saturated carbocycles. The number of carbonyl (C=O) groups excluding carboxylic acids is 3. The van der Waals surface area contributed by atoms with E-state index in [4.69, 9.17) is 12.2 Å². The van der Waals surface area contributed by atoms with Gasteiger partial charge in [0.25, 0.3) is 11.8 Å². The number of pyridine rings is 1. The van der Waals surface area contributed by atoms with Crippen molar-refractivity contribution < 1.29 is 14.4 Å². The second-order valence-corrected chi connectivity index (χ2v) is 6.48. The Labute approximate surface area is 167 Å². The van der Waals surface area contributed by atoms with Gasteiger partial charge >= 0.3 is 0 Å². The Hall–Kier alpha value is -3.33. The van der Waals surface area contributed by atoms with Crippen LogP contribution in [0.2, 0.25) is 0 Å². The Morgan fingerprint density at radius 2 is 1.86 bits per heavy atom. The lowest BCUT2D eigenvalue weighted by Crippen LogP contribution is -2.50. The fraction of sp³-hybridized carbons (Fsp3) is 0.211. The van der Waals surface area contributed by atoms with Crippen molar-refractivity contribution in [1.29, 1.82) is 0 Å². The van der Waals surface area contributed by atoms with Crippen LogP contribution in [0.5, 0.6) is 0 Å². The summed E-state index contributed by atoms with van der Waals surface area (Å²) in [6, 6.07) is 13.3. The molecular weight excluding hydrogens is 378 g/mol. The van der Waals surface area contributed by atoms with E-state index in [9.17, 15) is 14.4 Å². The van der Waals surface area contributed by atoms with Gasteiger partial charge in [0.1, 0.15) is 11.7 Å². The summed E-state index contributed by atoms with van der Waals surface area (Å²) in [6.07, 6.45) is 1.36. The molecule has 1 fully saturated rings. The summed E-state index contributed by atoms with van der Waals surface area (Å²) in [6.45, 7) is 0.249. The summed E-state index contributed by atoms with van der Waals surface area (Å²) in [5.74, 6) is -1.20. The minimum Gasteiger partial charge on any atom is -0.359 e. The van der Waals surface area contributed by atoms with Gasteiger partial charge in [-0.05, 0) is 29.9 Å². The molecule has 2 aromatic rings. The maximum absolute atomic E-state index is 12.9. The lowest BCUT2D eigenvalue weighted by atomic mass is 10.1. The minimum atomic E-state index is -0.927. The van der Waals surface area contributed by atoms with Crippen molar-refractivity contribution in [2.24, 2.45) is 0 Å². The number of nitrogens with one attached hydrogen (secondary N) is 2. The van der Waals surface area contributed by atoms with Crippen molar-refractivity contribution in [2.45, 2.75) is 19.0 Å². The van der Waals surface area contributed by atoms with Gasteiger partial charge < -0.3 is 5.32 Å². The summed E-state index contributed by atoms with van der Waals surface area (Å²) in [4.78, 5) is 42.8. The first-order valence-electron chi connectivity index (χ1n) is 8.62. The Bertz CT molecular complexity index is 891. The zero-order chi connectivity index (χ0) is 20.1. The minimum absolute atomic E-state index is 0.132. The summed E-state index contributed by atoms with van der Waals surface area (Å²) in [5, 5.41) is 3.89. The molecule has 8 nitrogen and oxygen atoms in total. The number of benzene rings is 1. The van der Waals surface area contributed by atoms with E-state index < -0.39 is 11.9 Å². The second-order valence-electron chi connectivity index (χ2n) is 6.11. The second kappa shape index (κ2) is 8.57. The molecule has 1 aliphatic heterocycles. The largest absolute Gasteiger partial charge is 0.359 e. The van der Waals surface area contributed by atoms with Crippen LogP contribution < -0.4 is 10.7 Å². The third-order valence-corrected chi connectivity index (χ3v) is 4.68. The SMILES string of the molecule is CNC(=O)CC1C(=O)N(Cc2ccccc2)C(=S)N1NC(=O)c1ccccn1. The van der Waals surface area contributed by atoms with Crippen LogP contribution in [0, 0.1) is 0 Å². The van der Waals surface area contributed by atoms with Crippen molar-refractivity contribution in [3.63, 3.8) is 0 Å². The van der Waals surface area contributed by atoms with Gasteiger partial charge in [0.2, 0.25) is 5.91 Å². The summed E-state index contributed by atoms with van der Waals surface area (Å²) in [5.41, 5.74) is 3.68. The smallest absolute Gasteiger partial charge is 0.288 e. The first-order chi connectivity index (χ1) is 13.5. The maximum atomic E-state index is 12.9. The van der Waals surface area contributed by atoms with Gasteiger partial charge in [-0.15, -0.1) is 0 Å². The summed E-state index contributed by atoms with van der Waals surface area (Å²) < 4.78 is 0. The van der Waals surface area contributed by atoms with E-state index in [-0.39, 0.29) is 35.6 Å². The molecular formula is C19H19N5O3S. The predicted molar refractivity (Wildman–Crippen MR) is 106 cm³/mol. The van der Waals surface area contributed by atoms with E-state index in [0.717, 1.165) is 5.56 Å². The molecule has 0 spiro atoms. The molecule has 1 saturated heterocycles. The number of hydrazine groups is 1. The van der Waals surface area contributed by atoms with Crippen LogP contribution in [0.25, 0.3) is 0 Å². The third-order valence-electron chi connectivity index (χ3n) is 4.26. The quantitative estimate of drug-likeness (QED) is 0.702. The molecule has 28 heavy (non-hydrogen) atoms. The molecule has 0 radical (unpaired) electrons. The third kappa shape index (κ3) is 4.15. The molecule has 1 aromatic heterocycles. The molecule has 1 aromatic carbocycles. The first-order valence-corrected chi connectivity index (χ1v) is 9.03. The number of hydrogen-bond donors (Lipinski definition) is 2. The number of amides is 3. The number of rotatable bonds is 6. The van der Waals surface area contributed by atoms with E-state index in [1.54, 1.807) is 18.2 Å². The summed E-state index contributed by atoms with van der Waals surface area (Å²) in [7, 11) is 1.48. The van der Waals surface area contributed by atoms with Crippen LogP contribution in [0.4, 0.5) is 0 Å². The molecule has 1 atom stereocenters. The Kier molecular flexibility index (Phi) is 5.95. The molecule has 1 unspecified atom stereocenters. The van der Waals surface area contributed by atoms with Gasteiger partial charge in [-0.3, -0.25) is 29.7 Å². The van der Waals surface area contributed by atoms with Gasteiger partial charge in [0.05, 0.1) is 13.0 Å². The zero-order valence-corrected chi connectivity index (χ0v) is 16.0. The molecule has 3 amide bonds. The van der Waals surface area contributed by atoms with Crippen LogP contribution in [-0.4, -0.2) is 50.8 Å². The average Bonchev–Trinajstić information content (AvgIpc) is 2.93. The molecule has 9 heteroatoms. The van der Waals surface area contributed by atoms with E-state index in [0.29, 0.717) is 0 Å². The highest BCUT2D eigenvalue weighted by atomic mass is 32.1. The predicted octanol–water partition coefficient (Wildman–Crippen LogP) is 0.860. The number of hydrogen-bond acceptors (Lipinski definition) is 5. The highest BCUT2D eigenvalue weighted by molar-refractivity contribution is 7.80. The van der Waals surface area contributed by atoms with Crippen LogP contribution in [-0.2, 0) is 16.1 Å². The molecule has 144 valence electrons. The van der Waals surface area contributed by atoms with Crippen LogP contribution in [0.15, 0.2) is 54.7 Å². The van der Waals surface area contributed by atoms with Gasteiger partial charge in [-0.2, -0.15) is 0 Å². The number of thiocarbonyl (C=S) groups is 1. The molecule has 1 aliphatic rings. The lowest BCUT2D eigenvalue weighted by molar-refractivity contribution is -0.132. The fourth-order valence-corrected chi connectivity index (χ4v) is 3.13. The van der Waals surface area contributed by atoms with Crippen molar-refractivity contribution in [2.75, 3.05) is 7.05 Å². The average molecular weight is 397 g/mol. The number of nitrogens with zero attached hydrogens (tertiary/aromatic N) is 3. The molecule has 3 rings (SSSR count). The standard InChI is InChI=1S/C19H19N5O3S/c1-20-16(25)11-15-18(27)23(12-13-7-3-2-4-8-13)19(28)24(15)22-17(26)14-9-5-6-10-21-14/h2-10,15H,11-12H2,1H3,(H,20,25)(H,22,26). The molecule has 0 bridgehead atoms. The fourth-order valence-electron chi connectivity index (χ4n) is 2.81. The van der Waals surface area contributed by atoms with Crippen molar-refractivity contribution in [1.82, 2.24) is 25.6 Å². The van der Waals surface area contributed by atoms with Gasteiger partial charge in [0, 0.05) is 13.2 Å². The lowest BCUT2D eigenvalue weighted by Gasteiger charge is -2.24. The molecule has 2 heterocycles. The highest BCUT2D eigenvalue weighted by Crippen LogP contribution is 2.21. The van der Waals surface area contributed by atoms with Crippen LogP contribution in [0.1, 0.15) is 22.5 Å². The number of aromatic nitrogens is 1. The monoisotopic (exact) mass is 397 g/mol. The van der Waals surface area contributed by atoms with Crippen LogP contribution >= 0.6 is 12.2 Å². The first kappa shape index (κ1) is 19.4. The van der Waals surface area contributed by atoms with E-state index in [1.807, 2.05) is 30.3 Å².